The molecule has 0 aromatic carbocycles. The van der Waals surface area contributed by atoms with E-state index in [1.165, 1.54) is 12.8 Å². The van der Waals surface area contributed by atoms with Crippen LogP contribution in [0.25, 0.3) is 0 Å². The van der Waals surface area contributed by atoms with Crippen molar-refractivity contribution in [2.24, 2.45) is 5.92 Å². The van der Waals surface area contributed by atoms with Crippen molar-refractivity contribution in [3.05, 3.63) is 0 Å². The molecule has 0 saturated carbocycles. The Morgan fingerprint density at radius 3 is 2.74 bits per heavy atom. The van der Waals surface area contributed by atoms with Crippen LogP contribution in [-0.4, -0.2) is 49.4 Å². The number of piperidine rings is 1. The Bertz CT molecular complexity index is 288. The Morgan fingerprint density at radius 1 is 1.37 bits per heavy atom. The van der Waals surface area contributed by atoms with Crippen LogP contribution in [0.1, 0.15) is 39.5 Å². The largest absolute Gasteiger partial charge is 0.355 e. The summed E-state index contributed by atoms with van der Waals surface area (Å²) in [6.07, 6.45) is 3.90. The van der Waals surface area contributed by atoms with E-state index in [0.29, 0.717) is 25.4 Å². The van der Waals surface area contributed by atoms with Crippen LogP contribution >= 0.6 is 0 Å². The molecule has 2 amide bonds. The normalized spacial score (nSPS) is 18.9. The molecule has 19 heavy (non-hydrogen) atoms. The van der Waals surface area contributed by atoms with Crippen LogP contribution in [0.4, 0.5) is 0 Å². The summed E-state index contributed by atoms with van der Waals surface area (Å²) >= 11 is 0. The van der Waals surface area contributed by atoms with Crippen molar-refractivity contribution in [1.82, 2.24) is 15.5 Å². The van der Waals surface area contributed by atoms with Gasteiger partial charge in [-0.2, -0.15) is 0 Å². The number of nitrogens with zero attached hydrogens (tertiary/aromatic N) is 1. The van der Waals surface area contributed by atoms with E-state index in [-0.39, 0.29) is 18.4 Å². The Hall–Kier alpha value is -1.10. The minimum absolute atomic E-state index is 0.0722. The van der Waals surface area contributed by atoms with E-state index < -0.39 is 0 Å². The first-order valence-electron chi connectivity index (χ1n) is 7.42. The van der Waals surface area contributed by atoms with Crippen molar-refractivity contribution in [2.75, 3.05) is 32.7 Å². The molecule has 1 atom stereocenters. The molecule has 5 nitrogen and oxygen atoms in total. The maximum atomic E-state index is 12.1. The van der Waals surface area contributed by atoms with Crippen LogP contribution in [-0.2, 0) is 9.59 Å². The van der Waals surface area contributed by atoms with E-state index in [1.807, 2.05) is 13.8 Å². The van der Waals surface area contributed by atoms with E-state index >= 15 is 0 Å². The molecule has 1 rings (SSSR count). The highest BCUT2D eigenvalue weighted by Crippen LogP contribution is 2.16. The van der Waals surface area contributed by atoms with E-state index in [2.05, 4.69) is 10.6 Å². The van der Waals surface area contributed by atoms with Gasteiger partial charge in [-0.05, 0) is 52.1 Å². The minimum atomic E-state index is -0.0722. The summed E-state index contributed by atoms with van der Waals surface area (Å²) in [6.45, 7) is 7.31. The molecule has 1 unspecified atom stereocenters. The molecule has 0 aromatic heterocycles. The van der Waals surface area contributed by atoms with Gasteiger partial charge in [0.2, 0.25) is 11.8 Å². The third kappa shape index (κ3) is 6.05. The first kappa shape index (κ1) is 16.0. The average molecular weight is 269 g/mol. The summed E-state index contributed by atoms with van der Waals surface area (Å²) in [5, 5.41) is 6.09. The molecular weight excluding hydrogens is 242 g/mol. The van der Waals surface area contributed by atoms with Crippen molar-refractivity contribution in [1.29, 1.82) is 0 Å². The van der Waals surface area contributed by atoms with Crippen LogP contribution in [0.3, 0.4) is 0 Å². The Kier molecular flexibility index (Phi) is 7.48. The van der Waals surface area contributed by atoms with Gasteiger partial charge in [0.15, 0.2) is 0 Å². The van der Waals surface area contributed by atoms with E-state index in [0.717, 1.165) is 19.5 Å². The number of hydrogen-bond acceptors (Lipinski definition) is 3. The third-order valence-corrected chi connectivity index (χ3v) is 3.61. The second-order valence-electron chi connectivity index (χ2n) is 5.11. The maximum Gasteiger partial charge on any atom is 0.239 e. The van der Waals surface area contributed by atoms with Crippen molar-refractivity contribution in [3.63, 3.8) is 0 Å². The number of carbonyl (C=O) groups excluding carboxylic acids is 2. The summed E-state index contributed by atoms with van der Waals surface area (Å²) in [7, 11) is 0. The minimum Gasteiger partial charge on any atom is -0.355 e. The van der Waals surface area contributed by atoms with Crippen LogP contribution in [0.5, 0.6) is 0 Å². The predicted octanol–water partition coefficient (Wildman–Crippen LogP) is 0.751. The molecule has 2 N–H and O–H groups in total. The average Bonchev–Trinajstić information content (AvgIpc) is 2.43. The van der Waals surface area contributed by atoms with Gasteiger partial charge in [0.05, 0.1) is 6.54 Å². The van der Waals surface area contributed by atoms with Crippen LogP contribution in [0.2, 0.25) is 0 Å². The van der Waals surface area contributed by atoms with Crippen molar-refractivity contribution < 1.29 is 9.59 Å². The number of hydrogen-bond donors (Lipinski definition) is 2. The molecule has 1 aliphatic rings. The quantitative estimate of drug-likeness (QED) is 0.717. The molecule has 0 radical (unpaired) electrons. The molecule has 1 aliphatic heterocycles. The van der Waals surface area contributed by atoms with Crippen LogP contribution in [0, 0.1) is 5.92 Å². The summed E-state index contributed by atoms with van der Waals surface area (Å²) in [5.74, 6) is 0.636. The van der Waals surface area contributed by atoms with Gasteiger partial charge in [0.1, 0.15) is 0 Å². The fourth-order valence-corrected chi connectivity index (χ4v) is 2.46. The molecular formula is C14H27N3O2. The maximum absolute atomic E-state index is 12.1. The standard InChI is InChI=1S/C14H27N3O2/c1-3-16-13(18)11-17(4-2)14(19)8-7-12-6-5-9-15-10-12/h12,15H,3-11H2,1-2H3,(H,16,18). The summed E-state index contributed by atoms with van der Waals surface area (Å²) < 4.78 is 0. The van der Waals surface area contributed by atoms with Crippen LogP contribution in [0.15, 0.2) is 0 Å². The highest BCUT2D eigenvalue weighted by Gasteiger charge is 2.18. The highest BCUT2D eigenvalue weighted by atomic mass is 16.2. The molecule has 110 valence electrons. The Labute approximate surface area is 116 Å². The number of likely N-dealkylation sites (N-methyl/N-ethyl adjacent to an activating group) is 2. The smallest absolute Gasteiger partial charge is 0.239 e. The van der Waals surface area contributed by atoms with Gasteiger partial charge < -0.3 is 15.5 Å². The highest BCUT2D eigenvalue weighted by molar-refractivity contribution is 5.84. The van der Waals surface area contributed by atoms with Gasteiger partial charge in [-0.15, -0.1) is 0 Å². The molecule has 0 aromatic rings. The molecule has 1 saturated heterocycles. The topological polar surface area (TPSA) is 61.4 Å². The van der Waals surface area contributed by atoms with Gasteiger partial charge in [-0.25, -0.2) is 0 Å². The SMILES string of the molecule is CCNC(=O)CN(CC)C(=O)CCC1CCCNC1. The molecule has 0 bridgehead atoms. The zero-order valence-electron chi connectivity index (χ0n) is 12.2. The monoisotopic (exact) mass is 269 g/mol. The zero-order valence-corrected chi connectivity index (χ0v) is 12.2. The fourth-order valence-electron chi connectivity index (χ4n) is 2.46. The van der Waals surface area contributed by atoms with Crippen molar-refractivity contribution >= 4 is 11.8 Å². The lowest BCUT2D eigenvalue weighted by atomic mass is 9.94. The van der Waals surface area contributed by atoms with E-state index in [9.17, 15) is 9.59 Å². The molecule has 0 aliphatic carbocycles. The lowest BCUT2D eigenvalue weighted by Crippen LogP contribution is -2.40. The van der Waals surface area contributed by atoms with E-state index in [1.54, 1.807) is 4.90 Å². The first-order chi connectivity index (χ1) is 9.17. The lowest BCUT2D eigenvalue weighted by Gasteiger charge is -2.24. The van der Waals surface area contributed by atoms with Gasteiger partial charge in [-0.3, -0.25) is 9.59 Å². The number of amides is 2. The number of nitrogens with one attached hydrogen (secondary N) is 2. The van der Waals surface area contributed by atoms with Gasteiger partial charge in [0.25, 0.3) is 0 Å². The van der Waals surface area contributed by atoms with E-state index in [4.69, 9.17) is 0 Å². The van der Waals surface area contributed by atoms with Crippen molar-refractivity contribution in [3.8, 4) is 0 Å². The molecule has 1 heterocycles. The number of rotatable bonds is 7. The number of carbonyl (C=O) groups is 2. The van der Waals surface area contributed by atoms with Gasteiger partial charge in [-0.1, -0.05) is 0 Å². The second kappa shape index (κ2) is 8.91. The molecule has 1 fully saturated rings. The third-order valence-electron chi connectivity index (χ3n) is 3.61. The predicted molar refractivity (Wildman–Crippen MR) is 75.8 cm³/mol. The summed E-state index contributed by atoms with van der Waals surface area (Å²) in [6, 6.07) is 0. The zero-order chi connectivity index (χ0) is 14.1. The van der Waals surface area contributed by atoms with Crippen LogP contribution < -0.4 is 10.6 Å². The summed E-state index contributed by atoms with van der Waals surface area (Å²) in [5.41, 5.74) is 0. The van der Waals surface area contributed by atoms with Gasteiger partial charge in [0, 0.05) is 19.5 Å². The Morgan fingerprint density at radius 2 is 2.16 bits per heavy atom. The van der Waals surface area contributed by atoms with Crippen molar-refractivity contribution in [2.45, 2.75) is 39.5 Å². The molecule has 5 heteroatoms. The second-order valence-corrected chi connectivity index (χ2v) is 5.11. The molecule has 0 spiro atoms. The fraction of sp³-hybridized carbons (Fsp3) is 0.857. The first-order valence-corrected chi connectivity index (χ1v) is 7.42. The summed E-state index contributed by atoms with van der Waals surface area (Å²) in [4.78, 5) is 25.2. The Balaban J connectivity index is 2.29. The lowest BCUT2D eigenvalue weighted by molar-refractivity contribution is -0.136. The van der Waals surface area contributed by atoms with Gasteiger partial charge >= 0.3 is 0 Å².